The zero-order valence-corrected chi connectivity index (χ0v) is 19.7. The number of benzene rings is 2. The maximum absolute atomic E-state index is 6.48. The van der Waals surface area contributed by atoms with E-state index in [0.29, 0.717) is 5.92 Å². The zero-order chi connectivity index (χ0) is 19.6. The number of halogens is 2. The van der Waals surface area contributed by atoms with E-state index in [-0.39, 0.29) is 36.5 Å². The highest BCUT2D eigenvalue weighted by molar-refractivity contribution is 5.85. The summed E-state index contributed by atoms with van der Waals surface area (Å²) in [6.07, 6.45) is 2.20. The van der Waals surface area contributed by atoms with Crippen LogP contribution in [0.1, 0.15) is 37.5 Å². The number of methoxy groups -OCH3 is 1. The predicted molar refractivity (Wildman–Crippen MR) is 129 cm³/mol. The molecule has 0 aromatic heterocycles. The summed E-state index contributed by atoms with van der Waals surface area (Å²) in [4.78, 5) is 2.50. The third-order valence-electron chi connectivity index (χ3n) is 6.68. The number of nitrogens with zero attached hydrogens (tertiary/aromatic N) is 1. The molecule has 2 aromatic rings. The molecule has 4 nitrogen and oxygen atoms in total. The SMILES string of the molecule is CCC(C)C1(C2OCCc3ccccc32)CN(c2ccc(OC)cc2)CCN1.Cl.Cl. The normalized spacial score (nSPS) is 24.1. The van der Waals surface area contributed by atoms with Gasteiger partial charge in [0.2, 0.25) is 0 Å². The minimum Gasteiger partial charge on any atom is -0.497 e. The van der Waals surface area contributed by atoms with E-state index in [1.807, 2.05) is 0 Å². The van der Waals surface area contributed by atoms with Gasteiger partial charge in [0, 0.05) is 25.3 Å². The molecule has 0 saturated carbocycles. The van der Waals surface area contributed by atoms with Crippen LogP contribution >= 0.6 is 24.8 Å². The minimum absolute atomic E-state index is 0. The molecule has 6 heteroatoms. The number of piperazine rings is 1. The van der Waals surface area contributed by atoms with Crippen LogP contribution in [0.3, 0.4) is 0 Å². The average molecular weight is 453 g/mol. The fourth-order valence-electron chi connectivity index (χ4n) is 4.84. The molecule has 0 aliphatic carbocycles. The molecule has 3 atom stereocenters. The summed E-state index contributed by atoms with van der Waals surface area (Å²) >= 11 is 0. The van der Waals surface area contributed by atoms with E-state index in [4.69, 9.17) is 9.47 Å². The van der Waals surface area contributed by atoms with Crippen LogP contribution in [-0.4, -0.2) is 38.9 Å². The number of hydrogen-bond donors (Lipinski definition) is 1. The van der Waals surface area contributed by atoms with Crippen molar-refractivity contribution in [3.63, 3.8) is 0 Å². The Bertz CT molecular complexity index is 802. The quantitative estimate of drug-likeness (QED) is 0.687. The summed E-state index contributed by atoms with van der Waals surface area (Å²) in [5.41, 5.74) is 3.94. The molecule has 2 aromatic carbocycles. The van der Waals surface area contributed by atoms with Crippen LogP contribution in [0, 0.1) is 5.92 Å². The van der Waals surface area contributed by atoms with Crippen LogP contribution in [0.2, 0.25) is 0 Å². The van der Waals surface area contributed by atoms with Gasteiger partial charge in [-0.15, -0.1) is 24.8 Å². The monoisotopic (exact) mass is 452 g/mol. The van der Waals surface area contributed by atoms with Crippen LogP contribution in [0.25, 0.3) is 0 Å². The van der Waals surface area contributed by atoms with Gasteiger partial charge in [0.15, 0.2) is 0 Å². The highest BCUT2D eigenvalue weighted by atomic mass is 35.5. The standard InChI is InChI=1S/C24H32N2O2.2ClH/c1-4-18(2)24(23-22-8-6-5-7-19(22)13-16-28-23)17-26(15-14-25-24)20-9-11-21(27-3)12-10-20;;/h5-12,18,23,25H,4,13-17H2,1-3H3;2*1H. The third kappa shape index (κ3) is 4.57. The first-order chi connectivity index (χ1) is 13.7. The van der Waals surface area contributed by atoms with Crippen LogP contribution in [-0.2, 0) is 11.2 Å². The Kier molecular flexibility index (Phi) is 8.86. The van der Waals surface area contributed by atoms with Crippen molar-refractivity contribution < 1.29 is 9.47 Å². The second-order valence-electron chi connectivity index (χ2n) is 8.10. The first-order valence-electron chi connectivity index (χ1n) is 10.5. The molecule has 2 heterocycles. The van der Waals surface area contributed by atoms with Crippen molar-refractivity contribution in [2.24, 2.45) is 5.92 Å². The molecule has 4 rings (SSSR count). The van der Waals surface area contributed by atoms with Crippen molar-refractivity contribution in [2.45, 2.75) is 38.3 Å². The molecular weight excluding hydrogens is 419 g/mol. The maximum Gasteiger partial charge on any atom is 0.119 e. The average Bonchev–Trinajstić information content (AvgIpc) is 2.78. The molecule has 0 radical (unpaired) electrons. The van der Waals surface area contributed by atoms with E-state index in [2.05, 4.69) is 72.6 Å². The smallest absolute Gasteiger partial charge is 0.119 e. The Hall–Kier alpha value is -1.46. The molecule has 0 amide bonds. The summed E-state index contributed by atoms with van der Waals surface area (Å²) in [5, 5.41) is 3.92. The van der Waals surface area contributed by atoms with E-state index in [0.717, 1.165) is 44.8 Å². The molecule has 166 valence electrons. The molecule has 0 spiro atoms. The van der Waals surface area contributed by atoms with Crippen LogP contribution in [0.15, 0.2) is 48.5 Å². The van der Waals surface area contributed by atoms with E-state index in [9.17, 15) is 0 Å². The van der Waals surface area contributed by atoms with Gasteiger partial charge in [-0.2, -0.15) is 0 Å². The first kappa shape index (κ1) is 24.8. The number of nitrogens with one attached hydrogen (secondary N) is 1. The number of rotatable bonds is 5. The maximum atomic E-state index is 6.48. The topological polar surface area (TPSA) is 33.7 Å². The summed E-state index contributed by atoms with van der Waals surface area (Å²) in [7, 11) is 1.71. The third-order valence-corrected chi connectivity index (χ3v) is 6.68. The lowest BCUT2D eigenvalue weighted by atomic mass is 9.73. The lowest BCUT2D eigenvalue weighted by Crippen LogP contribution is -2.67. The van der Waals surface area contributed by atoms with Crippen LogP contribution in [0.4, 0.5) is 5.69 Å². The van der Waals surface area contributed by atoms with Crippen molar-refractivity contribution in [3.8, 4) is 5.75 Å². The summed E-state index contributed by atoms with van der Waals surface area (Å²) in [5.74, 6) is 1.39. The molecule has 30 heavy (non-hydrogen) atoms. The molecule has 0 bridgehead atoms. The van der Waals surface area contributed by atoms with Gasteiger partial charge >= 0.3 is 0 Å². The summed E-state index contributed by atoms with van der Waals surface area (Å²) < 4.78 is 11.8. The van der Waals surface area contributed by atoms with E-state index in [1.54, 1.807) is 7.11 Å². The van der Waals surface area contributed by atoms with Crippen LogP contribution < -0.4 is 15.0 Å². The van der Waals surface area contributed by atoms with Crippen molar-refractivity contribution >= 4 is 30.5 Å². The lowest BCUT2D eigenvalue weighted by molar-refractivity contribution is -0.0500. The second kappa shape index (κ2) is 10.7. The fourth-order valence-corrected chi connectivity index (χ4v) is 4.84. The largest absolute Gasteiger partial charge is 0.497 e. The Morgan fingerprint density at radius 2 is 1.90 bits per heavy atom. The predicted octanol–water partition coefficient (Wildman–Crippen LogP) is 5.05. The molecule has 2 aliphatic rings. The van der Waals surface area contributed by atoms with Gasteiger partial charge in [0.25, 0.3) is 0 Å². The Morgan fingerprint density at radius 3 is 2.60 bits per heavy atom. The number of anilines is 1. The number of ether oxygens (including phenoxy) is 2. The van der Waals surface area contributed by atoms with Gasteiger partial charge in [0.05, 0.1) is 19.3 Å². The second-order valence-corrected chi connectivity index (χ2v) is 8.10. The highest BCUT2D eigenvalue weighted by Gasteiger charge is 2.48. The highest BCUT2D eigenvalue weighted by Crippen LogP contribution is 2.43. The van der Waals surface area contributed by atoms with E-state index in [1.165, 1.54) is 16.8 Å². The van der Waals surface area contributed by atoms with Crippen molar-refractivity contribution in [1.29, 1.82) is 0 Å². The van der Waals surface area contributed by atoms with Crippen molar-refractivity contribution in [1.82, 2.24) is 5.32 Å². The van der Waals surface area contributed by atoms with Gasteiger partial charge in [-0.05, 0) is 47.7 Å². The molecular formula is C24H34Cl2N2O2. The van der Waals surface area contributed by atoms with Crippen molar-refractivity contribution in [3.05, 3.63) is 59.7 Å². The first-order valence-corrected chi connectivity index (χ1v) is 10.5. The van der Waals surface area contributed by atoms with Gasteiger partial charge in [-0.25, -0.2) is 0 Å². The molecule has 1 saturated heterocycles. The van der Waals surface area contributed by atoms with E-state index < -0.39 is 0 Å². The molecule has 3 unspecified atom stereocenters. The van der Waals surface area contributed by atoms with Crippen LogP contribution in [0.5, 0.6) is 5.75 Å². The molecule has 1 fully saturated rings. The van der Waals surface area contributed by atoms with Gasteiger partial charge < -0.3 is 19.7 Å². The van der Waals surface area contributed by atoms with E-state index >= 15 is 0 Å². The fraction of sp³-hybridized carbons (Fsp3) is 0.500. The van der Waals surface area contributed by atoms with Gasteiger partial charge in [0.1, 0.15) is 11.9 Å². The summed E-state index contributed by atoms with van der Waals surface area (Å²) in [6, 6.07) is 17.3. The summed E-state index contributed by atoms with van der Waals surface area (Å²) in [6.45, 7) is 8.34. The van der Waals surface area contributed by atoms with Gasteiger partial charge in [-0.1, -0.05) is 44.5 Å². The minimum atomic E-state index is -0.108. The number of hydrogen-bond acceptors (Lipinski definition) is 4. The van der Waals surface area contributed by atoms with Crippen molar-refractivity contribution in [2.75, 3.05) is 38.3 Å². The Morgan fingerprint density at radius 1 is 1.17 bits per heavy atom. The van der Waals surface area contributed by atoms with Gasteiger partial charge in [-0.3, -0.25) is 0 Å². The Balaban J connectivity index is 0.00000160. The Labute approximate surface area is 193 Å². The lowest BCUT2D eigenvalue weighted by Gasteiger charge is -2.53. The zero-order valence-electron chi connectivity index (χ0n) is 18.1. The number of fused-ring (bicyclic) bond motifs is 1. The molecule has 2 aliphatic heterocycles. The molecule has 1 N–H and O–H groups in total.